The van der Waals surface area contributed by atoms with Gasteiger partial charge >= 0.3 is 5.97 Å². The van der Waals surface area contributed by atoms with Gasteiger partial charge in [0.25, 0.3) is 0 Å². The summed E-state index contributed by atoms with van der Waals surface area (Å²) in [5.74, 6) is 9.87. The number of aliphatic hydroxyl groups is 1. The van der Waals surface area contributed by atoms with Gasteiger partial charge in [-0.25, -0.2) is 0 Å². The Bertz CT molecular complexity index is 1510. The van der Waals surface area contributed by atoms with E-state index >= 15 is 0 Å². The Balaban J connectivity index is 1.34. The van der Waals surface area contributed by atoms with Gasteiger partial charge in [-0.3, -0.25) is 4.79 Å². The molecule has 5 aliphatic rings. The molecule has 48 heavy (non-hydrogen) atoms. The summed E-state index contributed by atoms with van der Waals surface area (Å²) in [5, 5.41) is 22.7. The van der Waals surface area contributed by atoms with Crippen molar-refractivity contribution in [3.05, 3.63) is 29.3 Å². The number of aliphatic carboxylic acids is 1. The Labute approximate surface area is 289 Å². The van der Waals surface area contributed by atoms with E-state index in [-0.39, 0.29) is 33.5 Å². The van der Waals surface area contributed by atoms with Crippen molar-refractivity contribution in [2.75, 3.05) is 21.3 Å². The van der Waals surface area contributed by atoms with E-state index in [9.17, 15) is 15.0 Å². The van der Waals surface area contributed by atoms with E-state index in [0.29, 0.717) is 47.3 Å². The number of allylic oxidation sites excluding steroid dienone is 2. The number of methoxy groups -OCH3 is 3. The van der Waals surface area contributed by atoms with Crippen LogP contribution in [0, 0.1) is 74.4 Å². The Morgan fingerprint density at radius 2 is 1.58 bits per heavy atom. The first kappa shape index (κ1) is 35.2. The molecule has 0 bridgehead atoms. The lowest BCUT2D eigenvalue weighted by Crippen LogP contribution is -2.66. The summed E-state index contributed by atoms with van der Waals surface area (Å²) in [6.07, 6.45) is 10.4. The molecule has 0 amide bonds. The third-order valence-electron chi connectivity index (χ3n) is 15.8. The average Bonchev–Trinajstić information content (AvgIpc) is 3.04. The fraction of sp³-hybridized carbons (Fsp3) is 0.738. The minimum atomic E-state index is -0.625. The molecule has 0 aliphatic heterocycles. The van der Waals surface area contributed by atoms with Gasteiger partial charge in [0.1, 0.15) is 0 Å². The van der Waals surface area contributed by atoms with Gasteiger partial charge in [0.15, 0.2) is 11.5 Å². The second-order valence-corrected chi connectivity index (χ2v) is 17.8. The predicted octanol–water partition coefficient (Wildman–Crippen LogP) is 8.78. The predicted molar refractivity (Wildman–Crippen MR) is 189 cm³/mol. The standard InChI is InChI=1S/C42H60O6/c1-25-16-19-42(37(44)45)21-20-40(6)29(34(42)26(25)2)14-15-33-39(5)24-28(36(43)38(3,4)32(39)17-18-41(33,40)7)13-11-12-27-22-30(46-8)35(48-10)31(23-27)47-9/h14,22-23,25-26,28,32-34,36,43H,13,15-21,24H2,1-10H3,(H,44,45)/t25-,26+,28-,32+,33-,34+,36+,39+,40-,41-,42+/m1/s1. The SMILES string of the molecule is COc1cc(C#CC[C@@H]2C[C@]3(C)[C@H]4CC=C5[C@@H]6[C@@H](C)[C@H](C)CC[C@]6(C(=O)O)CC[C@@]5(C)[C@]4(C)CC[C@H]3C(C)(C)[C@H]2O)cc(OC)c1OC. The normalized spacial score (nSPS) is 42.7. The van der Waals surface area contributed by atoms with Crippen molar-refractivity contribution < 1.29 is 29.2 Å². The number of aliphatic hydroxyl groups excluding tert-OH is 1. The number of rotatable bonds is 5. The molecule has 5 aliphatic carbocycles. The highest BCUT2D eigenvalue weighted by atomic mass is 16.5. The van der Waals surface area contributed by atoms with E-state index in [0.717, 1.165) is 56.9 Å². The fourth-order valence-electron chi connectivity index (χ4n) is 12.8. The Kier molecular flexibility index (Phi) is 8.79. The minimum absolute atomic E-state index is 0.0270. The van der Waals surface area contributed by atoms with Gasteiger partial charge < -0.3 is 24.4 Å². The molecule has 4 saturated carbocycles. The highest BCUT2D eigenvalue weighted by molar-refractivity contribution is 5.76. The molecule has 2 N–H and O–H groups in total. The van der Waals surface area contributed by atoms with Crippen LogP contribution >= 0.6 is 0 Å². The van der Waals surface area contributed by atoms with Gasteiger partial charge in [-0.15, -0.1) is 0 Å². The Hall–Kier alpha value is -2.65. The number of hydrogen-bond acceptors (Lipinski definition) is 5. The van der Waals surface area contributed by atoms with E-state index in [1.165, 1.54) is 5.57 Å². The van der Waals surface area contributed by atoms with Crippen LogP contribution in [0.4, 0.5) is 0 Å². The van der Waals surface area contributed by atoms with Crippen LogP contribution in [0.3, 0.4) is 0 Å². The lowest BCUT2D eigenvalue weighted by atomic mass is 9.33. The van der Waals surface area contributed by atoms with E-state index in [1.807, 2.05) is 12.1 Å². The van der Waals surface area contributed by atoms with Gasteiger partial charge in [-0.2, -0.15) is 0 Å². The zero-order valence-corrected chi connectivity index (χ0v) is 31.2. The lowest BCUT2D eigenvalue weighted by Gasteiger charge is -2.72. The summed E-state index contributed by atoms with van der Waals surface area (Å²) in [4.78, 5) is 13.1. The molecule has 1 aromatic carbocycles. The highest BCUT2D eigenvalue weighted by Gasteiger charge is 2.70. The molecule has 4 fully saturated rings. The Morgan fingerprint density at radius 1 is 0.917 bits per heavy atom. The van der Waals surface area contributed by atoms with Gasteiger partial charge in [-0.05, 0) is 121 Å². The molecule has 6 heteroatoms. The molecule has 0 heterocycles. The molecular formula is C42H60O6. The molecule has 0 radical (unpaired) electrons. The topological polar surface area (TPSA) is 85.2 Å². The number of carboxylic acid groups (broad SMARTS) is 1. The quantitative estimate of drug-likeness (QED) is 0.243. The van der Waals surface area contributed by atoms with Gasteiger partial charge in [0, 0.05) is 12.0 Å². The number of ether oxygens (including phenoxy) is 3. The molecule has 1 aromatic rings. The van der Waals surface area contributed by atoms with Crippen molar-refractivity contribution in [3.63, 3.8) is 0 Å². The van der Waals surface area contributed by atoms with Crippen molar-refractivity contribution >= 4 is 5.97 Å². The number of carbonyl (C=O) groups is 1. The van der Waals surface area contributed by atoms with Gasteiger partial charge in [-0.1, -0.05) is 72.0 Å². The first-order valence-electron chi connectivity index (χ1n) is 18.5. The maximum atomic E-state index is 13.1. The van der Waals surface area contributed by atoms with Crippen LogP contribution in [0.25, 0.3) is 0 Å². The summed E-state index contributed by atoms with van der Waals surface area (Å²) in [6, 6.07) is 3.76. The van der Waals surface area contributed by atoms with Crippen molar-refractivity contribution in [2.24, 2.45) is 62.6 Å². The van der Waals surface area contributed by atoms with E-state index < -0.39 is 17.5 Å². The first-order chi connectivity index (χ1) is 22.6. The maximum Gasteiger partial charge on any atom is 0.310 e. The first-order valence-corrected chi connectivity index (χ1v) is 18.5. The van der Waals surface area contributed by atoms with E-state index in [1.54, 1.807) is 21.3 Å². The number of carboxylic acids is 1. The summed E-state index contributed by atoms with van der Waals surface area (Å²) in [5.41, 5.74) is 1.48. The molecule has 6 rings (SSSR count). The van der Waals surface area contributed by atoms with Gasteiger partial charge in [0.2, 0.25) is 5.75 Å². The molecule has 0 aromatic heterocycles. The summed E-state index contributed by atoms with van der Waals surface area (Å²) >= 11 is 0. The average molecular weight is 661 g/mol. The smallest absolute Gasteiger partial charge is 0.310 e. The zero-order chi connectivity index (χ0) is 35.0. The monoisotopic (exact) mass is 660 g/mol. The second-order valence-electron chi connectivity index (χ2n) is 17.8. The molecular weight excluding hydrogens is 600 g/mol. The summed E-state index contributed by atoms with van der Waals surface area (Å²) in [6.45, 7) is 16.9. The van der Waals surface area contributed by atoms with E-state index in [4.69, 9.17) is 14.2 Å². The minimum Gasteiger partial charge on any atom is -0.493 e. The number of fused-ring (bicyclic) bond motifs is 7. The molecule has 264 valence electrons. The van der Waals surface area contributed by atoms with Crippen LogP contribution in [-0.2, 0) is 4.79 Å². The van der Waals surface area contributed by atoms with Crippen molar-refractivity contribution in [1.29, 1.82) is 0 Å². The molecule has 0 spiro atoms. The van der Waals surface area contributed by atoms with Crippen molar-refractivity contribution in [2.45, 2.75) is 112 Å². The highest BCUT2D eigenvalue weighted by Crippen LogP contribution is 2.76. The van der Waals surface area contributed by atoms with E-state index in [2.05, 4.69) is 66.4 Å². The largest absolute Gasteiger partial charge is 0.493 e. The Morgan fingerprint density at radius 3 is 2.19 bits per heavy atom. The summed E-state index contributed by atoms with van der Waals surface area (Å²) in [7, 11) is 4.82. The molecule has 0 unspecified atom stereocenters. The molecule has 0 saturated heterocycles. The summed E-state index contributed by atoms with van der Waals surface area (Å²) < 4.78 is 16.6. The third kappa shape index (κ3) is 4.79. The van der Waals surface area contributed by atoms with Crippen LogP contribution < -0.4 is 14.2 Å². The van der Waals surface area contributed by atoms with Crippen LogP contribution in [0.1, 0.15) is 112 Å². The number of hydrogen-bond donors (Lipinski definition) is 2. The zero-order valence-electron chi connectivity index (χ0n) is 31.2. The molecule has 11 atom stereocenters. The fourth-order valence-corrected chi connectivity index (χ4v) is 12.8. The molecule has 6 nitrogen and oxygen atoms in total. The number of benzene rings is 1. The van der Waals surface area contributed by atoms with Crippen molar-refractivity contribution in [1.82, 2.24) is 0 Å². The third-order valence-corrected chi connectivity index (χ3v) is 15.8. The maximum absolute atomic E-state index is 13.1. The van der Waals surface area contributed by atoms with Crippen LogP contribution in [-0.4, -0.2) is 43.6 Å². The lowest BCUT2D eigenvalue weighted by molar-refractivity contribution is -0.220. The van der Waals surface area contributed by atoms with Crippen LogP contribution in [0.2, 0.25) is 0 Å². The second kappa shape index (κ2) is 12.0. The van der Waals surface area contributed by atoms with Gasteiger partial charge in [0.05, 0.1) is 32.8 Å². The van der Waals surface area contributed by atoms with Crippen LogP contribution in [0.15, 0.2) is 23.8 Å². The van der Waals surface area contributed by atoms with Crippen LogP contribution in [0.5, 0.6) is 17.2 Å². The van der Waals surface area contributed by atoms with Crippen molar-refractivity contribution in [3.8, 4) is 29.1 Å².